The van der Waals surface area contributed by atoms with E-state index in [1.54, 1.807) is 11.8 Å². The number of fused-ring (bicyclic) bond motifs is 1. The number of aromatic amines is 1. The Bertz CT molecular complexity index is 457. The summed E-state index contributed by atoms with van der Waals surface area (Å²) in [5.74, 6) is 0. The molecular weight excluding hydrogens is 190 g/mol. The van der Waals surface area contributed by atoms with Crippen molar-refractivity contribution < 1.29 is 4.42 Å². The van der Waals surface area contributed by atoms with Gasteiger partial charge in [-0.25, -0.2) is 0 Å². The van der Waals surface area contributed by atoms with Crippen LogP contribution in [0.1, 0.15) is 0 Å². The highest BCUT2D eigenvalue weighted by molar-refractivity contribution is 7.98. The van der Waals surface area contributed by atoms with Gasteiger partial charge in [-0.05, 0) is 30.6 Å². The molecular formula is C8H7NOS2. The second-order valence-corrected chi connectivity index (χ2v) is 3.57. The molecule has 0 saturated heterocycles. The van der Waals surface area contributed by atoms with E-state index in [1.165, 1.54) is 0 Å². The molecule has 0 spiro atoms. The summed E-state index contributed by atoms with van der Waals surface area (Å²) < 4.78 is 5.33. The molecule has 2 rings (SSSR count). The van der Waals surface area contributed by atoms with Crippen LogP contribution < -0.4 is 0 Å². The summed E-state index contributed by atoms with van der Waals surface area (Å²) in [6.45, 7) is 0. The minimum absolute atomic E-state index is 0.437. The second-order valence-electron chi connectivity index (χ2n) is 2.35. The summed E-state index contributed by atoms with van der Waals surface area (Å²) in [6, 6.07) is 5.95. The third-order valence-electron chi connectivity index (χ3n) is 1.63. The molecule has 0 amide bonds. The van der Waals surface area contributed by atoms with Crippen molar-refractivity contribution >= 4 is 35.1 Å². The predicted octanol–water partition coefficient (Wildman–Crippen LogP) is 3.21. The number of para-hydroxylation sites is 1. The lowest BCUT2D eigenvalue weighted by Gasteiger charge is -1.93. The Hall–Kier alpha value is -0.740. The molecule has 1 heterocycles. The lowest BCUT2D eigenvalue weighted by atomic mass is 10.3. The van der Waals surface area contributed by atoms with E-state index in [-0.39, 0.29) is 0 Å². The molecule has 0 radical (unpaired) electrons. The molecule has 4 heteroatoms. The van der Waals surface area contributed by atoms with E-state index in [4.69, 9.17) is 16.6 Å². The van der Waals surface area contributed by atoms with E-state index in [1.807, 2.05) is 24.5 Å². The zero-order valence-corrected chi connectivity index (χ0v) is 8.09. The summed E-state index contributed by atoms with van der Waals surface area (Å²) in [6.07, 6.45) is 2.01. The normalized spacial score (nSPS) is 10.8. The van der Waals surface area contributed by atoms with E-state index in [9.17, 15) is 0 Å². The molecule has 0 fully saturated rings. The summed E-state index contributed by atoms with van der Waals surface area (Å²) in [7, 11) is 0. The fourth-order valence-corrected chi connectivity index (χ4v) is 1.85. The van der Waals surface area contributed by atoms with Crippen LogP contribution in [0.4, 0.5) is 0 Å². The van der Waals surface area contributed by atoms with Gasteiger partial charge in [-0.3, -0.25) is 0 Å². The van der Waals surface area contributed by atoms with E-state index in [0.717, 1.165) is 16.0 Å². The molecule has 0 aliphatic heterocycles. The highest BCUT2D eigenvalue weighted by atomic mass is 32.2. The zero-order valence-electron chi connectivity index (χ0n) is 6.46. The largest absolute Gasteiger partial charge is 0.428 e. The van der Waals surface area contributed by atoms with Crippen LogP contribution in [-0.2, 0) is 0 Å². The molecule has 0 saturated carbocycles. The quantitative estimate of drug-likeness (QED) is 0.562. The Labute approximate surface area is 79.0 Å². The highest BCUT2D eigenvalue weighted by Crippen LogP contribution is 2.25. The summed E-state index contributed by atoms with van der Waals surface area (Å²) in [5, 5.41) is 0. The molecule has 2 nitrogen and oxygen atoms in total. The monoisotopic (exact) mass is 197 g/mol. The van der Waals surface area contributed by atoms with Crippen molar-refractivity contribution in [2.75, 3.05) is 6.26 Å². The van der Waals surface area contributed by atoms with Crippen LogP contribution in [0.5, 0.6) is 0 Å². The van der Waals surface area contributed by atoms with Crippen molar-refractivity contribution in [3.05, 3.63) is 23.0 Å². The topological polar surface area (TPSA) is 28.9 Å². The number of hydrogen-bond acceptors (Lipinski definition) is 3. The lowest BCUT2D eigenvalue weighted by Crippen LogP contribution is -1.70. The first-order valence-electron chi connectivity index (χ1n) is 3.47. The molecule has 1 N–H and O–H groups in total. The van der Waals surface area contributed by atoms with Gasteiger partial charge in [0.2, 0.25) is 0 Å². The average molecular weight is 197 g/mol. The Morgan fingerprint density at radius 3 is 3.08 bits per heavy atom. The Balaban J connectivity index is 2.87. The maximum absolute atomic E-state index is 5.33. The molecule has 1 aromatic carbocycles. The smallest absolute Gasteiger partial charge is 0.266 e. The van der Waals surface area contributed by atoms with Gasteiger partial charge in [0, 0.05) is 0 Å². The van der Waals surface area contributed by atoms with Crippen LogP contribution in [0.3, 0.4) is 0 Å². The molecule has 0 aliphatic rings. The Morgan fingerprint density at radius 2 is 2.33 bits per heavy atom. The summed E-state index contributed by atoms with van der Waals surface area (Å²) in [5.41, 5.74) is 1.82. The summed E-state index contributed by atoms with van der Waals surface area (Å²) >= 11 is 6.54. The molecule has 1 aromatic heterocycles. The SMILES string of the molecule is CSc1cccc2[nH]c(=S)oc12. The van der Waals surface area contributed by atoms with Crippen LogP contribution in [0, 0.1) is 4.84 Å². The minimum Gasteiger partial charge on any atom is -0.428 e. The van der Waals surface area contributed by atoms with Gasteiger partial charge in [-0.15, -0.1) is 11.8 Å². The van der Waals surface area contributed by atoms with Crippen LogP contribution in [0.2, 0.25) is 0 Å². The molecule has 12 heavy (non-hydrogen) atoms. The minimum atomic E-state index is 0.437. The second kappa shape index (κ2) is 2.95. The van der Waals surface area contributed by atoms with Gasteiger partial charge < -0.3 is 9.40 Å². The average Bonchev–Trinajstić information content (AvgIpc) is 2.44. The zero-order chi connectivity index (χ0) is 8.55. The van der Waals surface area contributed by atoms with Gasteiger partial charge in [0.1, 0.15) is 0 Å². The van der Waals surface area contributed by atoms with Gasteiger partial charge >= 0.3 is 0 Å². The maximum Gasteiger partial charge on any atom is 0.266 e. The highest BCUT2D eigenvalue weighted by Gasteiger charge is 2.02. The number of aromatic nitrogens is 1. The van der Waals surface area contributed by atoms with Crippen LogP contribution in [0.25, 0.3) is 11.1 Å². The number of rotatable bonds is 1. The van der Waals surface area contributed by atoms with Crippen molar-refractivity contribution in [2.24, 2.45) is 0 Å². The molecule has 62 valence electrons. The van der Waals surface area contributed by atoms with Crippen molar-refractivity contribution in [1.82, 2.24) is 4.98 Å². The van der Waals surface area contributed by atoms with Crippen molar-refractivity contribution in [3.8, 4) is 0 Å². The third-order valence-corrected chi connectivity index (χ3v) is 2.58. The van der Waals surface area contributed by atoms with Gasteiger partial charge in [0.15, 0.2) is 5.58 Å². The van der Waals surface area contributed by atoms with Gasteiger partial charge in [-0.2, -0.15) is 0 Å². The summed E-state index contributed by atoms with van der Waals surface area (Å²) in [4.78, 5) is 4.52. The van der Waals surface area contributed by atoms with E-state index >= 15 is 0 Å². The Morgan fingerprint density at radius 1 is 1.50 bits per heavy atom. The van der Waals surface area contributed by atoms with E-state index < -0.39 is 0 Å². The van der Waals surface area contributed by atoms with E-state index in [2.05, 4.69) is 4.98 Å². The molecule has 0 unspecified atom stereocenters. The number of nitrogens with one attached hydrogen (secondary N) is 1. The van der Waals surface area contributed by atoms with Crippen molar-refractivity contribution in [3.63, 3.8) is 0 Å². The fraction of sp³-hybridized carbons (Fsp3) is 0.125. The molecule has 0 aliphatic carbocycles. The van der Waals surface area contributed by atoms with Crippen LogP contribution in [-0.4, -0.2) is 11.2 Å². The molecule has 0 atom stereocenters. The standard InChI is InChI=1S/C8H7NOS2/c1-12-6-4-2-3-5-7(6)10-8(11)9-5/h2-4H,1H3,(H,9,11). The fourth-order valence-electron chi connectivity index (χ4n) is 1.11. The number of oxazole rings is 1. The van der Waals surface area contributed by atoms with Crippen molar-refractivity contribution in [2.45, 2.75) is 4.90 Å². The van der Waals surface area contributed by atoms with Crippen LogP contribution >= 0.6 is 24.0 Å². The first-order valence-corrected chi connectivity index (χ1v) is 5.10. The molecule has 0 bridgehead atoms. The molecule has 2 aromatic rings. The lowest BCUT2D eigenvalue weighted by molar-refractivity contribution is 0.577. The van der Waals surface area contributed by atoms with Gasteiger partial charge in [0.25, 0.3) is 4.84 Å². The number of H-pyrrole nitrogens is 1. The van der Waals surface area contributed by atoms with E-state index in [0.29, 0.717) is 4.84 Å². The first-order chi connectivity index (χ1) is 5.81. The number of thioether (sulfide) groups is 1. The third kappa shape index (κ3) is 1.17. The number of hydrogen-bond donors (Lipinski definition) is 1. The Kier molecular flexibility index (Phi) is 1.94. The van der Waals surface area contributed by atoms with Crippen molar-refractivity contribution in [1.29, 1.82) is 0 Å². The van der Waals surface area contributed by atoms with Gasteiger partial charge in [-0.1, -0.05) is 6.07 Å². The predicted molar refractivity (Wildman–Crippen MR) is 53.2 cm³/mol. The number of benzene rings is 1. The van der Waals surface area contributed by atoms with Crippen LogP contribution in [0.15, 0.2) is 27.5 Å². The van der Waals surface area contributed by atoms with Gasteiger partial charge in [0.05, 0.1) is 10.4 Å². The maximum atomic E-state index is 5.33. The first kappa shape index (κ1) is 7.89.